The Labute approximate surface area is 168 Å². The van der Waals surface area contributed by atoms with E-state index >= 15 is 0 Å². The van der Waals surface area contributed by atoms with Gasteiger partial charge in [0.25, 0.3) is 0 Å². The molecule has 0 aromatic heterocycles. The SMILES string of the molecule is CCOC(=O)C1=C(C)NC(SCCC(=O)O)=N[C@@H]1c1ccc(OC)cc1OC. The Morgan fingerprint density at radius 3 is 2.64 bits per heavy atom. The number of hydrogen-bond donors (Lipinski definition) is 2. The van der Waals surface area contributed by atoms with Crippen molar-refractivity contribution in [3.05, 3.63) is 35.0 Å². The molecule has 1 aliphatic heterocycles. The van der Waals surface area contributed by atoms with Crippen LogP contribution in [0.25, 0.3) is 0 Å². The molecule has 0 bridgehead atoms. The number of methoxy groups -OCH3 is 2. The molecule has 2 N–H and O–H groups in total. The average Bonchev–Trinajstić information content (AvgIpc) is 2.66. The van der Waals surface area contributed by atoms with Gasteiger partial charge in [-0.05, 0) is 26.0 Å². The highest BCUT2D eigenvalue weighted by molar-refractivity contribution is 8.13. The Kier molecular flexibility index (Phi) is 7.74. The zero-order chi connectivity index (χ0) is 20.7. The van der Waals surface area contributed by atoms with Crippen LogP contribution in [0.3, 0.4) is 0 Å². The van der Waals surface area contributed by atoms with Crippen LogP contribution in [0.5, 0.6) is 11.5 Å². The van der Waals surface area contributed by atoms with Gasteiger partial charge in [-0.15, -0.1) is 0 Å². The number of nitrogens with zero attached hydrogens (tertiary/aromatic N) is 1. The third kappa shape index (κ3) is 5.19. The monoisotopic (exact) mass is 408 g/mol. The summed E-state index contributed by atoms with van der Waals surface area (Å²) in [6.45, 7) is 3.75. The number of aliphatic carboxylic acids is 1. The van der Waals surface area contributed by atoms with Crippen LogP contribution in [0, 0.1) is 0 Å². The molecule has 1 aromatic carbocycles. The minimum atomic E-state index is -0.878. The number of carbonyl (C=O) groups is 2. The first-order valence-corrected chi connectivity index (χ1v) is 9.69. The van der Waals surface area contributed by atoms with E-state index < -0.39 is 18.0 Å². The number of ether oxygens (including phenoxy) is 3. The molecule has 1 aromatic rings. The zero-order valence-electron chi connectivity index (χ0n) is 16.3. The summed E-state index contributed by atoms with van der Waals surface area (Å²) in [5.41, 5.74) is 1.67. The van der Waals surface area contributed by atoms with Crippen molar-refractivity contribution in [3.8, 4) is 11.5 Å². The molecule has 0 unspecified atom stereocenters. The quantitative estimate of drug-likeness (QED) is 0.633. The highest BCUT2D eigenvalue weighted by Crippen LogP contribution is 2.39. The molecule has 1 heterocycles. The second-order valence-electron chi connectivity index (χ2n) is 5.82. The predicted molar refractivity (Wildman–Crippen MR) is 107 cm³/mol. The van der Waals surface area contributed by atoms with Gasteiger partial charge in [0.2, 0.25) is 0 Å². The number of benzene rings is 1. The van der Waals surface area contributed by atoms with Crippen LogP contribution < -0.4 is 14.8 Å². The van der Waals surface area contributed by atoms with Crippen LogP contribution in [-0.2, 0) is 14.3 Å². The van der Waals surface area contributed by atoms with Crippen molar-refractivity contribution >= 4 is 28.9 Å². The molecule has 0 amide bonds. The van der Waals surface area contributed by atoms with Crippen molar-refractivity contribution in [1.82, 2.24) is 5.32 Å². The van der Waals surface area contributed by atoms with Crippen molar-refractivity contribution in [2.24, 2.45) is 4.99 Å². The first-order valence-electron chi connectivity index (χ1n) is 8.70. The maximum atomic E-state index is 12.6. The Balaban J connectivity index is 2.45. The number of rotatable bonds is 8. The third-order valence-corrected chi connectivity index (χ3v) is 4.89. The van der Waals surface area contributed by atoms with Gasteiger partial charge in [-0.25, -0.2) is 9.79 Å². The zero-order valence-corrected chi connectivity index (χ0v) is 17.1. The number of carbonyl (C=O) groups excluding carboxylic acids is 1. The lowest BCUT2D eigenvalue weighted by atomic mass is 9.95. The van der Waals surface area contributed by atoms with Crippen LogP contribution >= 0.6 is 11.8 Å². The van der Waals surface area contributed by atoms with E-state index in [9.17, 15) is 9.59 Å². The molecule has 0 fully saturated rings. The van der Waals surface area contributed by atoms with Crippen molar-refractivity contribution < 1.29 is 28.9 Å². The normalized spacial score (nSPS) is 16.1. The molecule has 8 nitrogen and oxygen atoms in total. The minimum absolute atomic E-state index is 0.00931. The van der Waals surface area contributed by atoms with Crippen molar-refractivity contribution in [1.29, 1.82) is 0 Å². The van der Waals surface area contributed by atoms with Crippen LogP contribution in [0.15, 0.2) is 34.5 Å². The molecule has 0 spiro atoms. The van der Waals surface area contributed by atoms with E-state index in [1.807, 2.05) is 0 Å². The Morgan fingerprint density at radius 2 is 2.04 bits per heavy atom. The number of esters is 1. The molecule has 0 aliphatic carbocycles. The Morgan fingerprint density at radius 1 is 1.29 bits per heavy atom. The summed E-state index contributed by atoms with van der Waals surface area (Å²) in [5.74, 6) is 0.160. The van der Waals surface area contributed by atoms with E-state index in [1.165, 1.54) is 18.9 Å². The summed E-state index contributed by atoms with van der Waals surface area (Å²) in [7, 11) is 3.09. The molecule has 2 rings (SSSR count). The van der Waals surface area contributed by atoms with E-state index in [0.29, 0.717) is 39.3 Å². The summed E-state index contributed by atoms with van der Waals surface area (Å²) >= 11 is 1.28. The summed E-state index contributed by atoms with van der Waals surface area (Å²) < 4.78 is 15.9. The van der Waals surface area contributed by atoms with Crippen molar-refractivity contribution in [2.45, 2.75) is 26.3 Å². The van der Waals surface area contributed by atoms with E-state index in [4.69, 9.17) is 19.3 Å². The first-order chi connectivity index (χ1) is 13.4. The van der Waals surface area contributed by atoms with Gasteiger partial charge in [-0.3, -0.25) is 4.79 Å². The molecule has 9 heteroatoms. The second kappa shape index (κ2) is 10.0. The van der Waals surface area contributed by atoms with E-state index in [2.05, 4.69) is 10.3 Å². The fourth-order valence-electron chi connectivity index (χ4n) is 2.70. The van der Waals surface area contributed by atoms with Gasteiger partial charge in [0.15, 0.2) is 5.17 Å². The number of allylic oxidation sites excluding steroid dienone is 1. The number of hydrogen-bond acceptors (Lipinski definition) is 8. The summed E-state index contributed by atoms with van der Waals surface area (Å²) in [6, 6.07) is 4.64. The standard InChI is InChI=1S/C19H24N2O6S/c1-5-27-18(24)16-11(2)20-19(28-9-8-15(22)23)21-17(16)13-7-6-12(25-3)10-14(13)26-4/h6-7,10,17H,5,8-9H2,1-4H3,(H,20,21)(H,22,23)/t17-/m1/s1. The smallest absolute Gasteiger partial charge is 0.338 e. The average molecular weight is 408 g/mol. The number of nitrogens with one attached hydrogen (secondary N) is 1. The largest absolute Gasteiger partial charge is 0.497 e. The predicted octanol–water partition coefficient (Wildman–Crippen LogP) is 2.75. The molecule has 152 valence electrons. The van der Waals surface area contributed by atoms with Crippen LogP contribution in [0.1, 0.15) is 31.9 Å². The summed E-state index contributed by atoms with van der Waals surface area (Å²) in [4.78, 5) is 28.0. The van der Waals surface area contributed by atoms with Gasteiger partial charge in [-0.2, -0.15) is 0 Å². The lowest BCUT2D eigenvalue weighted by molar-refractivity contribution is -0.139. The second-order valence-corrected chi connectivity index (χ2v) is 6.90. The molecular formula is C19H24N2O6S. The van der Waals surface area contributed by atoms with E-state index in [-0.39, 0.29) is 13.0 Å². The molecule has 1 aliphatic rings. The van der Waals surface area contributed by atoms with Crippen molar-refractivity contribution in [2.75, 3.05) is 26.6 Å². The van der Waals surface area contributed by atoms with Crippen LogP contribution in [-0.4, -0.2) is 48.8 Å². The molecule has 0 saturated carbocycles. The Hall–Kier alpha value is -2.68. The van der Waals surface area contributed by atoms with Gasteiger partial charge >= 0.3 is 11.9 Å². The fraction of sp³-hybridized carbons (Fsp3) is 0.421. The molecule has 28 heavy (non-hydrogen) atoms. The fourth-order valence-corrected chi connectivity index (χ4v) is 3.57. The molecule has 0 radical (unpaired) electrons. The summed E-state index contributed by atoms with van der Waals surface area (Å²) in [5, 5.41) is 12.5. The lowest BCUT2D eigenvalue weighted by Gasteiger charge is -2.26. The number of thioether (sulfide) groups is 1. The first kappa shape index (κ1) is 21.6. The van der Waals surface area contributed by atoms with Gasteiger partial charge in [0.05, 0.1) is 32.8 Å². The molecule has 0 saturated heterocycles. The van der Waals surface area contributed by atoms with Gasteiger partial charge in [0.1, 0.15) is 17.5 Å². The molecule has 1 atom stereocenters. The van der Waals surface area contributed by atoms with Gasteiger partial charge in [-0.1, -0.05) is 11.8 Å². The Bertz CT molecular complexity index is 806. The number of carboxylic acids is 1. The molecular weight excluding hydrogens is 384 g/mol. The van der Waals surface area contributed by atoms with Crippen LogP contribution in [0.2, 0.25) is 0 Å². The van der Waals surface area contributed by atoms with Crippen LogP contribution in [0.4, 0.5) is 0 Å². The van der Waals surface area contributed by atoms with Crippen molar-refractivity contribution in [3.63, 3.8) is 0 Å². The van der Waals surface area contributed by atoms with E-state index in [0.717, 1.165) is 0 Å². The third-order valence-electron chi connectivity index (χ3n) is 4.00. The summed E-state index contributed by atoms with van der Waals surface area (Å²) in [6.07, 6.45) is 0.00931. The highest BCUT2D eigenvalue weighted by atomic mass is 32.2. The number of carboxylic acid groups (broad SMARTS) is 1. The minimum Gasteiger partial charge on any atom is -0.497 e. The van der Waals surface area contributed by atoms with Gasteiger partial charge in [0, 0.05) is 23.1 Å². The topological polar surface area (TPSA) is 106 Å². The maximum absolute atomic E-state index is 12.6. The van der Waals surface area contributed by atoms with E-state index in [1.54, 1.807) is 39.2 Å². The number of amidine groups is 1. The highest BCUT2D eigenvalue weighted by Gasteiger charge is 2.32. The maximum Gasteiger partial charge on any atom is 0.338 e. The van der Waals surface area contributed by atoms with Gasteiger partial charge < -0.3 is 24.6 Å². The lowest BCUT2D eigenvalue weighted by Crippen LogP contribution is -2.31. The number of aliphatic imine (C=N–C) groups is 1.